The van der Waals surface area contributed by atoms with Gasteiger partial charge >= 0.3 is 12.2 Å². The van der Waals surface area contributed by atoms with E-state index in [9.17, 15) is 9.59 Å². The van der Waals surface area contributed by atoms with E-state index in [-0.39, 0.29) is 13.2 Å². The molecule has 0 heterocycles. The summed E-state index contributed by atoms with van der Waals surface area (Å²) in [6.07, 6.45) is -1.98. The molecule has 0 aromatic carbocycles. The molecule has 0 radical (unpaired) electrons. The van der Waals surface area contributed by atoms with Gasteiger partial charge in [0.05, 0.1) is 13.7 Å². The summed E-state index contributed by atoms with van der Waals surface area (Å²) in [4.78, 5) is 20.1. The molecule has 0 fully saturated rings. The molecular formula is C5H9NO5. The fraction of sp³-hybridized carbons (Fsp3) is 0.600. The molecule has 2 N–H and O–H groups in total. The summed E-state index contributed by atoms with van der Waals surface area (Å²) < 4.78 is 8.29. The third-order valence-corrected chi connectivity index (χ3v) is 0.782. The molecule has 0 aromatic rings. The number of alkyl carbamates (subject to hydrolysis) is 1. The number of carbonyl (C=O) groups excluding carboxylic acids is 1. The molecule has 1 amide bonds. The summed E-state index contributed by atoms with van der Waals surface area (Å²) in [6.45, 7) is 0.0312. The number of ether oxygens (including phenoxy) is 2. The Balaban J connectivity index is 3.14. The van der Waals surface area contributed by atoms with Crippen LogP contribution in [-0.2, 0) is 9.47 Å². The monoisotopic (exact) mass is 163 g/mol. The average Bonchev–Trinajstić information content (AvgIpc) is 1.97. The molecule has 64 valence electrons. The van der Waals surface area contributed by atoms with Crippen LogP contribution in [0.4, 0.5) is 9.59 Å². The Morgan fingerprint density at radius 2 is 2.18 bits per heavy atom. The topological polar surface area (TPSA) is 84.9 Å². The summed E-state index contributed by atoms with van der Waals surface area (Å²) in [5.41, 5.74) is 0. The molecule has 0 rings (SSSR count). The summed E-state index contributed by atoms with van der Waals surface area (Å²) in [5, 5.41) is 10.2. The Morgan fingerprint density at radius 3 is 2.64 bits per heavy atom. The van der Waals surface area contributed by atoms with Crippen LogP contribution in [0.5, 0.6) is 0 Å². The first-order chi connectivity index (χ1) is 5.16. The summed E-state index contributed by atoms with van der Waals surface area (Å²) in [5.74, 6) is 0. The van der Waals surface area contributed by atoms with Gasteiger partial charge in [-0.2, -0.15) is 0 Å². The van der Waals surface area contributed by atoms with Crippen molar-refractivity contribution in [1.82, 2.24) is 5.32 Å². The normalized spacial score (nSPS) is 8.45. The molecule has 0 unspecified atom stereocenters. The van der Waals surface area contributed by atoms with Gasteiger partial charge in [0.1, 0.15) is 6.61 Å². The maximum atomic E-state index is 10.3. The minimum atomic E-state index is -1.36. The fourth-order valence-electron chi connectivity index (χ4n) is 0.364. The molecule has 6 nitrogen and oxygen atoms in total. The average molecular weight is 163 g/mol. The number of methoxy groups -OCH3 is 1. The standard InChI is InChI=1S/C5H9NO5/c1-10-4(7)6-2-3-11-5(8)9/h2-3H2,1H3,(H,6,7)(H,8,9). The summed E-state index contributed by atoms with van der Waals surface area (Å²) in [6, 6.07) is 0. The van der Waals surface area contributed by atoms with Crippen LogP contribution in [0.2, 0.25) is 0 Å². The van der Waals surface area contributed by atoms with Crippen molar-refractivity contribution < 1.29 is 24.2 Å². The number of hydrogen-bond donors (Lipinski definition) is 2. The third kappa shape index (κ3) is 6.42. The number of carbonyl (C=O) groups is 2. The van der Waals surface area contributed by atoms with Crippen molar-refractivity contribution in [2.75, 3.05) is 20.3 Å². The second-order valence-corrected chi connectivity index (χ2v) is 1.53. The van der Waals surface area contributed by atoms with Gasteiger partial charge in [0.15, 0.2) is 0 Å². The summed E-state index contributed by atoms with van der Waals surface area (Å²) >= 11 is 0. The fourth-order valence-corrected chi connectivity index (χ4v) is 0.364. The predicted molar refractivity (Wildman–Crippen MR) is 34.4 cm³/mol. The van der Waals surface area contributed by atoms with Crippen molar-refractivity contribution in [1.29, 1.82) is 0 Å². The largest absolute Gasteiger partial charge is 0.505 e. The highest BCUT2D eigenvalue weighted by atomic mass is 16.7. The molecule has 6 heteroatoms. The highest BCUT2D eigenvalue weighted by Gasteiger charge is 1.98. The van der Waals surface area contributed by atoms with Gasteiger partial charge in [0.2, 0.25) is 0 Å². The van der Waals surface area contributed by atoms with E-state index in [0.717, 1.165) is 0 Å². The first kappa shape index (κ1) is 9.54. The molecule has 0 bridgehead atoms. The van der Waals surface area contributed by atoms with E-state index in [4.69, 9.17) is 5.11 Å². The third-order valence-electron chi connectivity index (χ3n) is 0.782. The zero-order valence-corrected chi connectivity index (χ0v) is 5.99. The van der Waals surface area contributed by atoms with Gasteiger partial charge in [0, 0.05) is 0 Å². The van der Waals surface area contributed by atoms with Gasteiger partial charge in [-0.15, -0.1) is 0 Å². The Kier molecular flexibility index (Phi) is 4.63. The first-order valence-corrected chi connectivity index (χ1v) is 2.84. The van der Waals surface area contributed by atoms with Crippen molar-refractivity contribution in [3.63, 3.8) is 0 Å². The van der Waals surface area contributed by atoms with Gasteiger partial charge in [-0.3, -0.25) is 0 Å². The Morgan fingerprint density at radius 1 is 1.55 bits per heavy atom. The predicted octanol–water partition coefficient (Wildman–Crippen LogP) is 0.0370. The van der Waals surface area contributed by atoms with E-state index < -0.39 is 12.2 Å². The van der Waals surface area contributed by atoms with Crippen molar-refractivity contribution >= 4 is 12.2 Å². The molecule has 0 aliphatic heterocycles. The number of nitrogens with one attached hydrogen (secondary N) is 1. The lowest BCUT2D eigenvalue weighted by Gasteiger charge is -2.01. The van der Waals surface area contributed by atoms with Crippen LogP contribution in [0.15, 0.2) is 0 Å². The van der Waals surface area contributed by atoms with Crippen LogP contribution in [0.25, 0.3) is 0 Å². The molecular weight excluding hydrogens is 154 g/mol. The number of amides is 1. The second kappa shape index (κ2) is 5.33. The van der Waals surface area contributed by atoms with E-state index in [0.29, 0.717) is 0 Å². The van der Waals surface area contributed by atoms with Gasteiger partial charge in [-0.05, 0) is 0 Å². The van der Waals surface area contributed by atoms with Crippen LogP contribution < -0.4 is 5.32 Å². The van der Waals surface area contributed by atoms with E-state index in [1.165, 1.54) is 7.11 Å². The Bertz CT molecular complexity index is 146. The van der Waals surface area contributed by atoms with Crippen molar-refractivity contribution in [3.8, 4) is 0 Å². The van der Waals surface area contributed by atoms with Gasteiger partial charge in [-0.1, -0.05) is 0 Å². The Hall–Kier alpha value is -1.46. The van der Waals surface area contributed by atoms with E-state index in [1.807, 2.05) is 0 Å². The lowest BCUT2D eigenvalue weighted by molar-refractivity contribution is 0.0912. The molecule has 0 saturated carbocycles. The zero-order valence-electron chi connectivity index (χ0n) is 5.99. The maximum Gasteiger partial charge on any atom is 0.505 e. The zero-order chi connectivity index (χ0) is 8.69. The van der Waals surface area contributed by atoms with Crippen LogP contribution in [0, 0.1) is 0 Å². The van der Waals surface area contributed by atoms with E-state index >= 15 is 0 Å². The van der Waals surface area contributed by atoms with Crippen LogP contribution in [0.3, 0.4) is 0 Å². The lowest BCUT2D eigenvalue weighted by atomic mass is 10.7. The molecule has 0 aliphatic rings. The van der Waals surface area contributed by atoms with Crippen molar-refractivity contribution in [2.45, 2.75) is 0 Å². The number of carboxylic acid groups (broad SMARTS) is 1. The molecule has 0 spiro atoms. The van der Waals surface area contributed by atoms with Crippen molar-refractivity contribution in [3.05, 3.63) is 0 Å². The molecule has 0 aromatic heterocycles. The number of hydrogen-bond acceptors (Lipinski definition) is 4. The Labute approximate surface area is 63.1 Å². The lowest BCUT2D eigenvalue weighted by Crippen LogP contribution is -2.27. The minimum Gasteiger partial charge on any atom is -0.453 e. The highest BCUT2D eigenvalue weighted by molar-refractivity contribution is 5.66. The van der Waals surface area contributed by atoms with Gasteiger partial charge in [0.25, 0.3) is 0 Å². The molecule has 11 heavy (non-hydrogen) atoms. The molecule has 0 saturated heterocycles. The highest BCUT2D eigenvalue weighted by Crippen LogP contribution is 1.75. The van der Waals surface area contributed by atoms with E-state index in [2.05, 4.69) is 14.8 Å². The number of rotatable bonds is 3. The minimum absolute atomic E-state index is 0.0789. The maximum absolute atomic E-state index is 10.3. The molecule has 0 aliphatic carbocycles. The van der Waals surface area contributed by atoms with Crippen molar-refractivity contribution in [2.24, 2.45) is 0 Å². The second-order valence-electron chi connectivity index (χ2n) is 1.53. The summed E-state index contributed by atoms with van der Waals surface area (Å²) in [7, 11) is 1.22. The van der Waals surface area contributed by atoms with E-state index in [1.54, 1.807) is 0 Å². The quantitative estimate of drug-likeness (QED) is 0.453. The smallest absolute Gasteiger partial charge is 0.453 e. The van der Waals surface area contributed by atoms with Crippen LogP contribution >= 0.6 is 0 Å². The first-order valence-electron chi connectivity index (χ1n) is 2.84. The SMILES string of the molecule is COC(=O)NCCOC(=O)O. The van der Waals surface area contributed by atoms with Crippen LogP contribution in [-0.4, -0.2) is 37.6 Å². The molecule has 0 atom stereocenters. The van der Waals surface area contributed by atoms with Gasteiger partial charge in [-0.25, -0.2) is 9.59 Å². The van der Waals surface area contributed by atoms with Crippen LogP contribution in [0.1, 0.15) is 0 Å². The van der Waals surface area contributed by atoms with Gasteiger partial charge < -0.3 is 19.9 Å².